The van der Waals surface area contributed by atoms with Crippen molar-refractivity contribution in [2.24, 2.45) is 0 Å². The maximum atomic E-state index is 12.2. The SMILES string of the molecule is CCOC(=O)c1cccc2c(CSCCC3CC(c4ccccc4)=CCN3)c[nH]c12. The van der Waals surface area contributed by atoms with Gasteiger partial charge in [-0.2, -0.15) is 11.8 Å². The number of carbonyl (C=O) groups is 1. The van der Waals surface area contributed by atoms with Crippen LogP contribution in [0, 0.1) is 0 Å². The standard InChI is InChI=1S/C25H28N2O2S/c1-2-29-25(28)23-10-6-9-22-20(16-27-24(22)23)17-30-14-12-21-15-19(11-13-26-21)18-7-4-3-5-8-18/h3-11,16,21,26-27H,2,12-15,17H2,1H3. The molecule has 0 bridgehead atoms. The maximum absolute atomic E-state index is 12.2. The predicted octanol–water partition coefficient (Wildman–Crippen LogP) is 5.41. The van der Waals surface area contributed by atoms with Crippen LogP contribution in [0.5, 0.6) is 0 Å². The Bertz CT molecular complexity index is 1030. The second kappa shape index (κ2) is 10.0. The molecule has 1 atom stereocenters. The summed E-state index contributed by atoms with van der Waals surface area (Å²) in [6.07, 6.45) is 6.56. The van der Waals surface area contributed by atoms with Crippen molar-refractivity contribution in [1.29, 1.82) is 0 Å². The molecule has 4 nitrogen and oxygen atoms in total. The lowest BCUT2D eigenvalue weighted by Gasteiger charge is -2.24. The molecule has 0 saturated carbocycles. The number of hydrogen-bond donors (Lipinski definition) is 2. The summed E-state index contributed by atoms with van der Waals surface area (Å²) in [4.78, 5) is 15.4. The first kappa shape index (κ1) is 20.8. The molecule has 1 aliphatic rings. The van der Waals surface area contributed by atoms with Gasteiger partial charge in [-0.25, -0.2) is 4.79 Å². The van der Waals surface area contributed by atoms with Crippen LogP contribution in [-0.2, 0) is 10.5 Å². The fourth-order valence-electron chi connectivity index (χ4n) is 3.98. The Morgan fingerprint density at radius 1 is 1.17 bits per heavy atom. The molecule has 1 aliphatic heterocycles. The molecule has 2 aromatic carbocycles. The molecule has 0 radical (unpaired) electrons. The minimum atomic E-state index is -0.269. The first-order valence-electron chi connectivity index (χ1n) is 10.6. The number of fused-ring (bicyclic) bond motifs is 1. The molecule has 156 valence electrons. The van der Waals surface area contributed by atoms with E-state index < -0.39 is 0 Å². The average molecular weight is 421 g/mol. The minimum absolute atomic E-state index is 0.269. The fraction of sp³-hybridized carbons (Fsp3) is 0.320. The number of esters is 1. The molecule has 3 aromatic rings. The van der Waals surface area contributed by atoms with Gasteiger partial charge in [0.15, 0.2) is 0 Å². The lowest BCUT2D eigenvalue weighted by Crippen LogP contribution is -2.33. The summed E-state index contributed by atoms with van der Waals surface area (Å²) in [6, 6.07) is 17.0. The molecule has 4 rings (SSSR count). The average Bonchev–Trinajstić information content (AvgIpc) is 3.21. The van der Waals surface area contributed by atoms with Crippen LogP contribution in [0.3, 0.4) is 0 Å². The van der Waals surface area contributed by atoms with Crippen molar-refractivity contribution in [3.63, 3.8) is 0 Å². The molecule has 2 N–H and O–H groups in total. The second-order valence-electron chi connectivity index (χ2n) is 7.51. The second-order valence-corrected chi connectivity index (χ2v) is 8.61. The number of aromatic nitrogens is 1. The van der Waals surface area contributed by atoms with Gasteiger partial charge in [-0.3, -0.25) is 0 Å². The van der Waals surface area contributed by atoms with E-state index in [1.807, 2.05) is 37.0 Å². The van der Waals surface area contributed by atoms with Gasteiger partial charge in [0, 0.05) is 29.9 Å². The van der Waals surface area contributed by atoms with E-state index >= 15 is 0 Å². The van der Waals surface area contributed by atoms with Crippen LogP contribution < -0.4 is 5.32 Å². The zero-order valence-corrected chi connectivity index (χ0v) is 18.1. The van der Waals surface area contributed by atoms with Crippen LogP contribution in [0.15, 0.2) is 60.8 Å². The molecule has 0 saturated heterocycles. The van der Waals surface area contributed by atoms with E-state index in [0.717, 1.165) is 41.8 Å². The Hall–Kier alpha value is -2.50. The summed E-state index contributed by atoms with van der Waals surface area (Å²) in [5.41, 5.74) is 5.51. The number of rotatable bonds is 8. The number of H-pyrrole nitrogens is 1. The topological polar surface area (TPSA) is 54.1 Å². The van der Waals surface area contributed by atoms with Crippen molar-refractivity contribution >= 4 is 34.2 Å². The Labute approximate surface area is 182 Å². The molecule has 0 aliphatic carbocycles. The molecule has 1 aromatic heterocycles. The number of carbonyl (C=O) groups excluding carboxylic acids is 1. The van der Waals surface area contributed by atoms with E-state index in [1.54, 1.807) is 0 Å². The van der Waals surface area contributed by atoms with Gasteiger partial charge < -0.3 is 15.0 Å². The van der Waals surface area contributed by atoms with Crippen molar-refractivity contribution in [2.75, 3.05) is 18.9 Å². The smallest absolute Gasteiger partial charge is 0.340 e. The van der Waals surface area contributed by atoms with E-state index in [4.69, 9.17) is 4.74 Å². The summed E-state index contributed by atoms with van der Waals surface area (Å²) in [6.45, 7) is 3.16. The lowest BCUT2D eigenvalue weighted by molar-refractivity contribution is 0.0528. The van der Waals surface area contributed by atoms with Crippen LogP contribution in [0.1, 0.15) is 41.3 Å². The summed E-state index contributed by atoms with van der Waals surface area (Å²) in [7, 11) is 0. The number of aromatic amines is 1. The third-order valence-corrected chi connectivity index (χ3v) is 6.57. The van der Waals surface area contributed by atoms with E-state index in [1.165, 1.54) is 16.7 Å². The van der Waals surface area contributed by atoms with Crippen LogP contribution in [0.25, 0.3) is 16.5 Å². The Balaban J connectivity index is 1.31. The molecule has 1 unspecified atom stereocenters. The van der Waals surface area contributed by atoms with Crippen molar-refractivity contribution in [3.05, 3.63) is 77.5 Å². The van der Waals surface area contributed by atoms with Crippen molar-refractivity contribution in [3.8, 4) is 0 Å². The van der Waals surface area contributed by atoms with Gasteiger partial charge in [0.1, 0.15) is 0 Å². The molecular formula is C25H28N2O2S. The van der Waals surface area contributed by atoms with Gasteiger partial charge in [-0.05, 0) is 48.3 Å². The normalized spacial score (nSPS) is 16.4. The first-order chi connectivity index (χ1) is 14.8. The van der Waals surface area contributed by atoms with Crippen molar-refractivity contribution in [2.45, 2.75) is 31.6 Å². The number of hydrogen-bond acceptors (Lipinski definition) is 4. The van der Waals surface area contributed by atoms with Gasteiger partial charge in [0.25, 0.3) is 0 Å². The minimum Gasteiger partial charge on any atom is -0.462 e. The van der Waals surface area contributed by atoms with Gasteiger partial charge in [-0.15, -0.1) is 0 Å². The highest BCUT2D eigenvalue weighted by Gasteiger charge is 2.17. The third-order valence-electron chi connectivity index (χ3n) is 5.53. The monoisotopic (exact) mass is 420 g/mol. The number of benzene rings is 2. The molecule has 0 amide bonds. The molecule has 30 heavy (non-hydrogen) atoms. The number of nitrogens with one attached hydrogen (secondary N) is 2. The van der Waals surface area contributed by atoms with E-state index in [-0.39, 0.29) is 5.97 Å². The van der Waals surface area contributed by atoms with Crippen molar-refractivity contribution < 1.29 is 9.53 Å². The molecule has 0 fully saturated rings. The van der Waals surface area contributed by atoms with Crippen LogP contribution >= 0.6 is 11.8 Å². The van der Waals surface area contributed by atoms with E-state index in [9.17, 15) is 4.79 Å². The third kappa shape index (κ3) is 4.79. The highest BCUT2D eigenvalue weighted by atomic mass is 32.2. The number of thioether (sulfide) groups is 1. The van der Waals surface area contributed by atoms with E-state index in [0.29, 0.717) is 18.2 Å². The Morgan fingerprint density at radius 3 is 2.87 bits per heavy atom. The highest BCUT2D eigenvalue weighted by molar-refractivity contribution is 7.98. The summed E-state index contributed by atoms with van der Waals surface area (Å²) in [5.74, 6) is 1.76. The number of ether oxygens (including phenoxy) is 1. The lowest BCUT2D eigenvalue weighted by atomic mass is 9.94. The first-order valence-corrected chi connectivity index (χ1v) is 11.7. The zero-order valence-electron chi connectivity index (χ0n) is 17.3. The maximum Gasteiger partial charge on any atom is 0.340 e. The highest BCUT2D eigenvalue weighted by Crippen LogP contribution is 2.27. The van der Waals surface area contributed by atoms with Crippen LogP contribution in [0.4, 0.5) is 0 Å². The Morgan fingerprint density at radius 2 is 2.03 bits per heavy atom. The van der Waals surface area contributed by atoms with Crippen LogP contribution in [0.2, 0.25) is 0 Å². The van der Waals surface area contributed by atoms with Gasteiger partial charge in [0.05, 0.1) is 17.7 Å². The molecule has 0 spiro atoms. The van der Waals surface area contributed by atoms with Gasteiger partial charge in [-0.1, -0.05) is 48.5 Å². The quantitative estimate of drug-likeness (QED) is 0.378. The molecular weight excluding hydrogens is 392 g/mol. The summed E-state index contributed by atoms with van der Waals surface area (Å²) < 4.78 is 5.18. The van der Waals surface area contributed by atoms with Crippen molar-refractivity contribution in [1.82, 2.24) is 10.3 Å². The largest absolute Gasteiger partial charge is 0.462 e. The van der Waals surface area contributed by atoms with Gasteiger partial charge in [0.2, 0.25) is 0 Å². The van der Waals surface area contributed by atoms with Gasteiger partial charge >= 0.3 is 5.97 Å². The van der Waals surface area contributed by atoms with Crippen LogP contribution in [-0.4, -0.2) is 35.9 Å². The Kier molecular flexibility index (Phi) is 6.92. The summed E-state index contributed by atoms with van der Waals surface area (Å²) in [5, 5.41) is 4.74. The molecule has 5 heteroatoms. The summed E-state index contributed by atoms with van der Waals surface area (Å²) >= 11 is 1.95. The fourth-order valence-corrected chi connectivity index (χ4v) is 5.03. The van der Waals surface area contributed by atoms with E-state index in [2.05, 4.69) is 52.8 Å². The zero-order chi connectivity index (χ0) is 20.8. The molecule has 2 heterocycles. The predicted molar refractivity (Wildman–Crippen MR) is 126 cm³/mol. The number of para-hydroxylation sites is 1.